The summed E-state index contributed by atoms with van der Waals surface area (Å²) in [5.74, 6) is 1.80. The Morgan fingerprint density at radius 3 is 2.77 bits per heavy atom. The van der Waals surface area contributed by atoms with Gasteiger partial charge in [-0.15, -0.1) is 0 Å². The summed E-state index contributed by atoms with van der Waals surface area (Å²) in [6.07, 6.45) is 6.79. The zero-order valence-electron chi connectivity index (χ0n) is 8.08. The van der Waals surface area contributed by atoms with Crippen molar-refractivity contribution >= 4 is 17.6 Å². The van der Waals surface area contributed by atoms with E-state index in [-0.39, 0.29) is 0 Å². The van der Waals surface area contributed by atoms with E-state index in [4.69, 9.17) is 0 Å². The summed E-state index contributed by atoms with van der Waals surface area (Å²) in [5.41, 5.74) is 1.04. The van der Waals surface area contributed by atoms with E-state index < -0.39 is 0 Å². The Hall–Kier alpha value is -0.770. The third kappa shape index (κ3) is 3.63. The molecule has 1 N–H and O–H groups in total. The van der Waals surface area contributed by atoms with Crippen molar-refractivity contribution in [3.05, 3.63) is 18.1 Å². The highest BCUT2D eigenvalue weighted by atomic mass is 32.2. The Morgan fingerprint density at radius 1 is 1.38 bits per heavy atom. The Labute approximate surface area is 83.4 Å². The fraction of sp³-hybridized carbons (Fsp3) is 0.556. The molecule has 0 saturated heterocycles. The van der Waals surface area contributed by atoms with Crippen LogP contribution in [0.5, 0.6) is 0 Å². The first-order chi connectivity index (χ1) is 6.36. The van der Waals surface area contributed by atoms with Crippen molar-refractivity contribution in [2.45, 2.75) is 19.1 Å². The summed E-state index contributed by atoms with van der Waals surface area (Å²) in [7, 11) is 0. The van der Waals surface area contributed by atoms with Crippen LogP contribution in [0.25, 0.3) is 0 Å². The maximum Gasteiger partial charge on any atom is 0.144 e. The minimum Gasteiger partial charge on any atom is -0.369 e. The van der Waals surface area contributed by atoms with Gasteiger partial charge in [0.15, 0.2) is 0 Å². The van der Waals surface area contributed by atoms with Crippen molar-refractivity contribution in [3.63, 3.8) is 0 Å². The van der Waals surface area contributed by atoms with Gasteiger partial charge in [0, 0.05) is 12.3 Å². The summed E-state index contributed by atoms with van der Waals surface area (Å²) < 4.78 is 0. The molecular formula is C9H15N3S. The van der Waals surface area contributed by atoms with Crippen LogP contribution in [-0.4, -0.2) is 22.8 Å². The highest BCUT2D eigenvalue weighted by Gasteiger charge is 1.95. The van der Waals surface area contributed by atoms with Crippen LogP contribution in [0.3, 0.4) is 0 Å². The molecule has 0 aliphatic carbocycles. The van der Waals surface area contributed by atoms with Gasteiger partial charge in [0.1, 0.15) is 5.82 Å². The Balaban J connectivity index is 2.48. The maximum atomic E-state index is 4.28. The fourth-order valence-corrected chi connectivity index (χ4v) is 1.37. The Kier molecular flexibility index (Phi) is 4.60. The van der Waals surface area contributed by atoms with Gasteiger partial charge < -0.3 is 5.32 Å². The van der Waals surface area contributed by atoms with Gasteiger partial charge in [0.2, 0.25) is 0 Å². The monoisotopic (exact) mass is 197 g/mol. The van der Waals surface area contributed by atoms with Crippen molar-refractivity contribution < 1.29 is 0 Å². The van der Waals surface area contributed by atoms with Gasteiger partial charge in [-0.3, -0.25) is 4.98 Å². The summed E-state index contributed by atoms with van der Waals surface area (Å²) in [6.45, 7) is 3.08. The zero-order chi connectivity index (χ0) is 9.52. The molecule has 0 bridgehead atoms. The van der Waals surface area contributed by atoms with E-state index in [0.29, 0.717) is 0 Å². The minimum atomic E-state index is 0.867. The quantitative estimate of drug-likeness (QED) is 0.785. The molecule has 1 aromatic heterocycles. The lowest BCUT2D eigenvalue weighted by Gasteiger charge is -2.03. The largest absolute Gasteiger partial charge is 0.369 e. The molecule has 0 unspecified atom stereocenters. The second-order valence-electron chi connectivity index (χ2n) is 2.75. The van der Waals surface area contributed by atoms with Crippen LogP contribution in [-0.2, 0) is 5.75 Å². The Morgan fingerprint density at radius 2 is 2.23 bits per heavy atom. The van der Waals surface area contributed by atoms with E-state index >= 15 is 0 Å². The van der Waals surface area contributed by atoms with Crippen LogP contribution in [0.2, 0.25) is 0 Å². The van der Waals surface area contributed by atoms with E-state index in [1.807, 2.05) is 6.20 Å². The summed E-state index contributed by atoms with van der Waals surface area (Å²) in [4.78, 5) is 8.52. The van der Waals surface area contributed by atoms with Crippen LogP contribution in [0.1, 0.15) is 19.0 Å². The molecule has 0 aliphatic heterocycles. The van der Waals surface area contributed by atoms with Crippen molar-refractivity contribution in [2.75, 3.05) is 18.1 Å². The third-order valence-electron chi connectivity index (χ3n) is 1.55. The topological polar surface area (TPSA) is 37.8 Å². The minimum absolute atomic E-state index is 0.867. The second-order valence-corrected chi connectivity index (χ2v) is 3.62. The molecule has 0 saturated carbocycles. The lowest BCUT2D eigenvalue weighted by Crippen LogP contribution is -2.02. The first-order valence-electron chi connectivity index (χ1n) is 4.40. The van der Waals surface area contributed by atoms with Crippen LogP contribution >= 0.6 is 11.8 Å². The number of hydrogen-bond donors (Lipinski definition) is 1. The van der Waals surface area contributed by atoms with Crippen molar-refractivity contribution in [2.24, 2.45) is 0 Å². The molecule has 0 spiro atoms. The molecule has 13 heavy (non-hydrogen) atoms. The van der Waals surface area contributed by atoms with Crippen molar-refractivity contribution in [1.29, 1.82) is 0 Å². The normalized spacial score (nSPS) is 10.0. The van der Waals surface area contributed by atoms with Gasteiger partial charge in [-0.25, -0.2) is 4.98 Å². The number of aromatic nitrogens is 2. The highest BCUT2D eigenvalue weighted by molar-refractivity contribution is 7.97. The predicted molar refractivity (Wildman–Crippen MR) is 58.0 cm³/mol. The first-order valence-corrected chi connectivity index (χ1v) is 5.80. The van der Waals surface area contributed by atoms with Crippen LogP contribution in [0.4, 0.5) is 5.82 Å². The van der Waals surface area contributed by atoms with Gasteiger partial charge in [-0.1, -0.05) is 6.92 Å². The molecule has 0 aliphatic rings. The van der Waals surface area contributed by atoms with Gasteiger partial charge in [-0.2, -0.15) is 11.8 Å². The smallest absolute Gasteiger partial charge is 0.144 e. The zero-order valence-corrected chi connectivity index (χ0v) is 8.90. The second kappa shape index (κ2) is 5.80. The molecule has 1 rings (SSSR count). The van der Waals surface area contributed by atoms with E-state index in [0.717, 1.165) is 30.2 Å². The Bertz CT molecular complexity index is 235. The van der Waals surface area contributed by atoms with Gasteiger partial charge in [-0.05, 0) is 12.7 Å². The summed E-state index contributed by atoms with van der Waals surface area (Å²) in [6, 6.07) is 0. The van der Waals surface area contributed by atoms with Crippen molar-refractivity contribution in [3.8, 4) is 0 Å². The molecule has 0 fully saturated rings. The molecule has 0 aromatic carbocycles. The van der Waals surface area contributed by atoms with Gasteiger partial charge >= 0.3 is 0 Å². The molecular weight excluding hydrogens is 182 g/mol. The van der Waals surface area contributed by atoms with E-state index in [1.165, 1.54) is 0 Å². The molecule has 3 nitrogen and oxygen atoms in total. The number of hydrogen-bond acceptors (Lipinski definition) is 4. The lowest BCUT2D eigenvalue weighted by molar-refractivity contribution is 0.960. The van der Waals surface area contributed by atoms with Gasteiger partial charge in [0.05, 0.1) is 18.1 Å². The molecule has 0 amide bonds. The molecule has 0 radical (unpaired) electrons. The SMILES string of the molecule is CCCNc1cnc(CSC)cn1. The van der Waals surface area contributed by atoms with E-state index in [2.05, 4.69) is 28.5 Å². The van der Waals surface area contributed by atoms with Gasteiger partial charge in [0.25, 0.3) is 0 Å². The third-order valence-corrected chi connectivity index (χ3v) is 2.14. The van der Waals surface area contributed by atoms with Crippen LogP contribution in [0.15, 0.2) is 12.4 Å². The molecule has 1 heterocycles. The number of thioether (sulfide) groups is 1. The lowest BCUT2D eigenvalue weighted by atomic mass is 10.4. The first kappa shape index (κ1) is 10.3. The van der Waals surface area contributed by atoms with E-state index in [9.17, 15) is 0 Å². The van der Waals surface area contributed by atoms with E-state index in [1.54, 1.807) is 18.0 Å². The summed E-state index contributed by atoms with van der Waals surface area (Å²) in [5, 5.41) is 3.18. The average Bonchev–Trinajstić information content (AvgIpc) is 2.17. The number of anilines is 1. The number of rotatable bonds is 5. The standard InChI is InChI=1S/C9H15N3S/c1-3-4-10-9-6-11-8(5-12-9)7-13-2/h5-6H,3-4,7H2,1-2H3,(H,10,12). The predicted octanol–water partition coefficient (Wildman–Crippen LogP) is 2.16. The molecule has 4 heteroatoms. The molecule has 1 aromatic rings. The number of nitrogens with zero attached hydrogens (tertiary/aromatic N) is 2. The summed E-state index contributed by atoms with van der Waals surface area (Å²) >= 11 is 1.76. The fourth-order valence-electron chi connectivity index (χ4n) is 0.922. The molecule has 72 valence electrons. The van der Waals surface area contributed by atoms with Crippen LogP contribution in [0, 0.1) is 0 Å². The average molecular weight is 197 g/mol. The van der Waals surface area contributed by atoms with Crippen molar-refractivity contribution in [1.82, 2.24) is 9.97 Å². The maximum absolute atomic E-state index is 4.28. The number of nitrogens with one attached hydrogen (secondary N) is 1. The van der Waals surface area contributed by atoms with Crippen LogP contribution < -0.4 is 5.32 Å². The highest BCUT2D eigenvalue weighted by Crippen LogP contribution is 2.06. The molecule has 0 atom stereocenters.